The van der Waals surface area contributed by atoms with Gasteiger partial charge in [0.1, 0.15) is 6.04 Å². The molecule has 0 unspecified atom stereocenters. The van der Waals surface area contributed by atoms with Crippen molar-refractivity contribution < 1.29 is 9.59 Å². The number of carbonyl (C=O) groups is 2. The Kier molecular flexibility index (Phi) is 9.40. The molecule has 8 nitrogen and oxygen atoms in total. The van der Waals surface area contributed by atoms with Gasteiger partial charge in [0, 0.05) is 55.7 Å². The molecule has 2 atom stereocenters. The van der Waals surface area contributed by atoms with Gasteiger partial charge < -0.3 is 30.3 Å². The van der Waals surface area contributed by atoms with Gasteiger partial charge in [-0.2, -0.15) is 0 Å². The van der Waals surface area contributed by atoms with Crippen LogP contribution in [-0.2, 0) is 11.3 Å². The second-order valence-electron chi connectivity index (χ2n) is 13.0. The van der Waals surface area contributed by atoms with Crippen LogP contribution in [0.3, 0.4) is 0 Å². The molecular weight excluding hydrogens is 560 g/mol. The number of nitrogens with zero attached hydrogens (tertiary/aromatic N) is 3. The van der Waals surface area contributed by atoms with Crippen molar-refractivity contribution in [3.63, 3.8) is 0 Å². The van der Waals surface area contributed by atoms with E-state index in [-0.39, 0.29) is 17.9 Å². The van der Waals surface area contributed by atoms with Gasteiger partial charge in [0.25, 0.3) is 0 Å². The van der Waals surface area contributed by atoms with E-state index in [9.17, 15) is 9.59 Å². The Bertz CT molecular complexity index is 1600. The standard InChI is InChI=1S/C37H46N6O2/c1-26(31-24-38-32-14-8-7-13-30(31)32)35(40-37(45)43-21-17-29(18-22-43)28-11-5-4-6-12-28)36(44)39-33-23-27(25-41(2)3)15-16-34(33)42-19-9-10-20-42/h4-8,11-16,23-24,26,29,35,38H,9-10,17-22,25H2,1-3H3,(H,39,44)(H,40,45)/t26-,35-/m1/s1. The maximum Gasteiger partial charge on any atom is 0.318 e. The van der Waals surface area contributed by atoms with Crippen LogP contribution in [-0.4, -0.2) is 73.0 Å². The molecule has 0 saturated carbocycles. The van der Waals surface area contributed by atoms with Gasteiger partial charge in [-0.05, 0) is 80.6 Å². The first-order valence-corrected chi connectivity index (χ1v) is 16.4. The molecule has 6 rings (SSSR count). The normalized spacial score (nSPS) is 17.1. The van der Waals surface area contributed by atoms with Gasteiger partial charge in [-0.25, -0.2) is 4.79 Å². The Hall–Kier alpha value is -4.30. The second-order valence-corrected chi connectivity index (χ2v) is 13.0. The number of amides is 3. The molecule has 0 bridgehead atoms. The first-order chi connectivity index (χ1) is 21.9. The van der Waals surface area contributed by atoms with E-state index in [1.807, 2.05) is 56.4 Å². The van der Waals surface area contributed by atoms with Crippen LogP contribution in [0, 0.1) is 0 Å². The first-order valence-electron chi connectivity index (χ1n) is 16.4. The molecule has 8 heteroatoms. The molecule has 3 N–H and O–H groups in total. The lowest BCUT2D eigenvalue weighted by Gasteiger charge is -2.34. The minimum Gasteiger partial charge on any atom is -0.370 e. The van der Waals surface area contributed by atoms with E-state index in [1.54, 1.807) is 0 Å². The van der Waals surface area contributed by atoms with E-state index in [2.05, 4.69) is 73.9 Å². The molecule has 2 aliphatic heterocycles. The third-order valence-electron chi connectivity index (χ3n) is 9.49. The van der Waals surface area contributed by atoms with Crippen molar-refractivity contribution in [2.24, 2.45) is 0 Å². The zero-order valence-corrected chi connectivity index (χ0v) is 26.8. The highest BCUT2D eigenvalue weighted by molar-refractivity contribution is 6.00. The van der Waals surface area contributed by atoms with Crippen LogP contribution in [0.5, 0.6) is 0 Å². The number of urea groups is 1. The van der Waals surface area contributed by atoms with Gasteiger partial charge in [-0.3, -0.25) is 4.79 Å². The monoisotopic (exact) mass is 606 g/mol. The number of hydrogen-bond acceptors (Lipinski definition) is 4. The number of H-pyrrole nitrogens is 1. The van der Waals surface area contributed by atoms with Crippen LogP contribution >= 0.6 is 0 Å². The largest absolute Gasteiger partial charge is 0.370 e. The molecule has 45 heavy (non-hydrogen) atoms. The molecule has 3 heterocycles. The van der Waals surface area contributed by atoms with E-state index in [0.29, 0.717) is 19.0 Å². The summed E-state index contributed by atoms with van der Waals surface area (Å²) >= 11 is 0. The van der Waals surface area contributed by atoms with Crippen LogP contribution in [0.1, 0.15) is 61.1 Å². The smallest absolute Gasteiger partial charge is 0.318 e. The van der Waals surface area contributed by atoms with E-state index < -0.39 is 6.04 Å². The summed E-state index contributed by atoms with van der Waals surface area (Å²) in [6.45, 7) is 6.07. The number of rotatable bonds is 9. The summed E-state index contributed by atoms with van der Waals surface area (Å²) in [5.74, 6) is -0.0344. The molecule has 0 aliphatic carbocycles. The van der Waals surface area contributed by atoms with Gasteiger partial charge in [0.2, 0.25) is 5.91 Å². The summed E-state index contributed by atoms with van der Waals surface area (Å²) in [5, 5.41) is 7.54. The molecular formula is C37H46N6O2. The third kappa shape index (κ3) is 7.01. The van der Waals surface area contributed by atoms with E-state index >= 15 is 0 Å². The number of aromatic amines is 1. The average Bonchev–Trinajstić information content (AvgIpc) is 3.74. The van der Waals surface area contributed by atoms with Gasteiger partial charge in [-0.15, -0.1) is 0 Å². The Morgan fingerprint density at radius 2 is 1.64 bits per heavy atom. The van der Waals surface area contributed by atoms with Crippen LogP contribution in [0.4, 0.5) is 16.2 Å². The summed E-state index contributed by atoms with van der Waals surface area (Å²) in [7, 11) is 4.09. The van der Waals surface area contributed by atoms with Crippen LogP contribution in [0.25, 0.3) is 10.9 Å². The fraction of sp³-hybridized carbons (Fsp3) is 0.405. The molecule has 2 saturated heterocycles. The number of likely N-dealkylation sites (tertiary alicyclic amines) is 1. The summed E-state index contributed by atoms with van der Waals surface area (Å²) in [6, 6.07) is 24.1. The highest BCUT2D eigenvalue weighted by Crippen LogP contribution is 2.33. The van der Waals surface area contributed by atoms with Gasteiger partial charge in [-0.1, -0.05) is 61.5 Å². The van der Waals surface area contributed by atoms with Gasteiger partial charge >= 0.3 is 6.03 Å². The zero-order valence-electron chi connectivity index (χ0n) is 26.8. The molecule has 3 aromatic carbocycles. The molecule has 236 valence electrons. The highest BCUT2D eigenvalue weighted by Gasteiger charge is 2.33. The fourth-order valence-electron chi connectivity index (χ4n) is 7.02. The molecule has 2 fully saturated rings. The Labute approximate surface area is 266 Å². The third-order valence-corrected chi connectivity index (χ3v) is 9.49. The lowest BCUT2D eigenvalue weighted by molar-refractivity contribution is -0.118. The SMILES string of the molecule is C[C@H](c1c[nH]c2ccccc12)[C@@H](NC(=O)N1CCC(c2ccccc2)CC1)C(=O)Nc1cc(CN(C)C)ccc1N1CCCC1. The second kappa shape index (κ2) is 13.8. The quantitative estimate of drug-likeness (QED) is 0.202. The lowest BCUT2D eigenvalue weighted by Crippen LogP contribution is -2.53. The van der Waals surface area contributed by atoms with Crippen LogP contribution in [0.2, 0.25) is 0 Å². The van der Waals surface area contributed by atoms with E-state index in [1.165, 1.54) is 5.56 Å². The number of anilines is 2. The number of carbonyl (C=O) groups excluding carboxylic acids is 2. The van der Waals surface area contributed by atoms with Crippen molar-refractivity contribution >= 4 is 34.2 Å². The number of benzene rings is 3. The van der Waals surface area contributed by atoms with E-state index in [4.69, 9.17) is 0 Å². The molecule has 4 aromatic rings. The summed E-state index contributed by atoms with van der Waals surface area (Å²) in [6.07, 6.45) is 6.07. The molecule has 0 radical (unpaired) electrons. The number of nitrogens with one attached hydrogen (secondary N) is 3. The maximum absolute atomic E-state index is 14.4. The van der Waals surface area contributed by atoms with Crippen molar-refractivity contribution in [2.45, 2.75) is 57.0 Å². The van der Waals surface area contributed by atoms with Crippen molar-refractivity contribution in [1.82, 2.24) is 20.1 Å². The zero-order chi connectivity index (χ0) is 31.3. The lowest BCUT2D eigenvalue weighted by atomic mass is 9.89. The maximum atomic E-state index is 14.4. The molecule has 2 aliphatic rings. The Balaban J connectivity index is 1.25. The summed E-state index contributed by atoms with van der Waals surface area (Å²) in [4.78, 5) is 37.9. The highest BCUT2D eigenvalue weighted by atomic mass is 16.2. The summed E-state index contributed by atoms with van der Waals surface area (Å²) < 4.78 is 0. The number of fused-ring (bicyclic) bond motifs is 1. The average molecular weight is 607 g/mol. The first kappa shape index (κ1) is 30.7. The predicted octanol–water partition coefficient (Wildman–Crippen LogP) is 6.53. The van der Waals surface area contributed by atoms with Gasteiger partial charge in [0.05, 0.1) is 11.4 Å². The van der Waals surface area contributed by atoms with Crippen LogP contribution in [0.15, 0.2) is 79.0 Å². The number of aromatic nitrogens is 1. The number of piperidine rings is 1. The molecule has 1 aromatic heterocycles. The Morgan fingerprint density at radius 1 is 0.933 bits per heavy atom. The molecule has 3 amide bonds. The van der Waals surface area contributed by atoms with Crippen molar-refractivity contribution in [3.05, 3.63) is 95.7 Å². The number of para-hydroxylation sites is 1. The minimum atomic E-state index is -0.771. The summed E-state index contributed by atoms with van der Waals surface area (Å²) in [5.41, 5.74) is 6.32. The van der Waals surface area contributed by atoms with Crippen molar-refractivity contribution in [3.8, 4) is 0 Å². The van der Waals surface area contributed by atoms with Crippen molar-refractivity contribution in [1.29, 1.82) is 0 Å². The topological polar surface area (TPSA) is 83.7 Å². The Morgan fingerprint density at radius 3 is 2.38 bits per heavy atom. The number of hydrogen-bond donors (Lipinski definition) is 3. The van der Waals surface area contributed by atoms with Crippen LogP contribution < -0.4 is 15.5 Å². The van der Waals surface area contributed by atoms with E-state index in [0.717, 1.165) is 78.7 Å². The van der Waals surface area contributed by atoms with Crippen molar-refractivity contribution in [2.75, 3.05) is 50.5 Å². The minimum absolute atomic E-state index is 0.186. The fourth-order valence-corrected chi connectivity index (χ4v) is 7.02. The van der Waals surface area contributed by atoms with Gasteiger partial charge in [0.15, 0.2) is 0 Å². The predicted molar refractivity (Wildman–Crippen MR) is 183 cm³/mol. The molecule has 0 spiro atoms.